The number of amides is 1. The molecule has 2 aromatic heterocycles. The van der Waals surface area contributed by atoms with Gasteiger partial charge in [-0.1, -0.05) is 48.0 Å². The molecular weight excluding hydrogens is 700 g/mol. The van der Waals surface area contributed by atoms with Crippen LogP contribution in [-0.4, -0.2) is 91.6 Å². The first-order valence-electron chi connectivity index (χ1n) is 16.8. The van der Waals surface area contributed by atoms with E-state index in [4.69, 9.17) is 21.3 Å². The van der Waals surface area contributed by atoms with Gasteiger partial charge in [-0.25, -0.2) is 4.39 Å². The van der Waals surface area contributed by atoms with Crippen LogP contribution in [0, 0.1) is 5.82 Å². The first-order chi connectivity index (χ1) is 24.5. The van der Waals surface area contributed by atoms with Crippen LogP contribution in [0.15, 0.2) is 71.8 Å². The van der Waals surface area contributed by atoms with E-state index in [1.54, 1.807) is 18.3 Å². The number of hydrogen-bond acceptors (Lipinski definition) is 10. The van der Waals surface area contributed by atoms with Crippen molar-refractivity contribution >= 4 is 55.2 Å². The van der Waals surface area contributed by atoms with Gasteiger partial charge in [0.1, 0.15) is 23.6 Å². The number of fused-ring (bicyclic) bond motifs is 4. The van der Waals surface area contributed by atoms with Gasteiger partial charge in [-0.2, -0.15) is 18.4 Å². The van der Waals surface area contributed by atoms with E-state index in [0.29, 0.717) is 65.3 Å². The Balaban J connectivity index is 1.07. The summed E-state index contributed by atoms with van der Waals surface area (Å²) < 4.78 is 59.1. The normalized spacial score (nSPS) is 22.2. The van der Waals surface area contributed by atoms with Crippen molar-refractivity contribution < 1.29 is 26.2 Å². The van der Waals surface area contributed by atoms with E-state index in [0.717, 1.165) is 30.4 Å². The molecule has 11 nitrogen and oxygen atoms in total. The molecule has 4 atom stereocenters. The summed E-state index contributed by atoms with van der Waals surface area (Å²) in [4.78, 5) is 30.6. The highest BCUT2D eigenvalue weighted by Gasteiger charge is 2.35. The second-order valence-electron chi connectivity index (χ2n) is 13.5. The number of likely N-dealkylation sites (tertiary alicyclic amines) is 1. The summed E-state index contributed by atoms with van der Waals surface area (Å²) in [6.07, 6.45) is 4.24. The molecule has 264 valence electrons. The lowest BCUT2D eigenvalue weighted by Gasteiger charge is -2.34. The highest BCUT2D eigenvalue weighted by Crippen LogP contribution is 2.38. The van der Waals surface area contributed by atoms with Gasteiger partial charge < -0.3 is 20.3 Å². The zero-order chi connectivity index (χ0) is 35.4. The van der Waals surface area contributed by atoms with Crippen LogP contribution >= 0.6 is 11.6 Å². The number of halogens is 3. The fourth-order valence-electron chi connectivity index (χ4n) is 7.59. The summed E-state index contributed by atoms with van der Waals surface area (Å²) in [5, 5.41) is 9.07. The molecule has 3 fully saturated rings. The molecule has 0 aliphatic carbocycles. The number of aromatic nitrogens is 3. The SMILES string of the molecule is CN1C[C@H](NC(=O)c2cccc(S(=O)(=O)F)c2)C[C@H]1COc1nc(N2CC3CCC(C2)N3)c2cnc(-c3cccc4cccc(Cl)c34)c(F)c2n1. The number of benzene rings is 3. The van der Waals surface area contributed by atoms with Gasteiger partial charge in [0.2, 0.25) is 0 Å². The predicted molar refractivity (Wildman–Crippen MR) is 190 cm³/mol. The van der Waals surface area contributed by atoms with Crippen molar-refractivity contribution in [1.29, 1.82) is 0 Å². The molecule has 5 aromatic rings. The number of hydrogen-bond donors (Lipinski definition) is 2. The van der Waals surface area contributed by atoms with Gasteiger partial charge in [-0.15, -0.1) is 3.89 Å². The molecule has 3 aliphatic heterocycles. The maximum Gasteiger partial charge on any atom is 0.332 e. The van der Waals surface area contributed by atoms with Gasteiger partial charge in [0.05, 0.1) is 10.3 Å². The van der Waals surface area contributed by atoms with Gasteiger partial charge in [0, 0.05) is 71.5 Å². The first kappa shape index (κ1) is 33.6. The number of carbonyl (C=O) groups excluding carboxylic acids is 1. The van der Waals surface area contributed by atoms with E-state index in [2.05, 4.69) is 25.5 Å². The molecule has 0 saturated carbocycles. The minimum absolute atomic E-state index is 0.0283. The third-order valence-electron chi connectivity index (χ3n) is 10.1. The van der Waals surface area contributed by atoms with Crippen LogP contribution in [0.25, 0.3) is 32.9 Å². The van der Waals surface area contributed by atoms with Crippen molar-refractivity contribution in [3.05, 3.63) is 83.3 Å². The number of anilines is 1. The molecule has 3 aromatic carbocycles. The second kappa shape index (κ2) is 13.2. The number of rotatable bonds is 8. The zero-order valence-electron chi connectivity index (χ0n) is 27.5. The smallest absolute Gasteiger partial charge is 0.332 e. The lowest BCUT2D eigenvalue weighted by Crippen LogP contribution is -2.51. The number of piperazine rings is 1. The Morgan fingerprint density at radius 2 is 1.80 bits per heavy atom. The van der Waals surface area contributed by atoms with Gasteiger partial charge in [-0.3, -0.25) is 14.7 Å². The van der Waals surface area contributed by atoms with Gasteiger partial charge in [0.25, 0.3) is 5.91 Å². The summed E-state index contributed by atoms with van der Waals surface area (Å²) in [6, 6.07) is 16.1. The minimum Gasteiger partial charge on any atom is -0.462 e. The van der Waals surface area contributed by atoms with E-state index in [9.17, 15) is 17.1 Å². The fourth-order valence-corrected chi connectivity index (χ4v) is 8.38. The summed E-state index contributed by atoms with van der Waals surface area (Å²) in [7, 11) is -3.05. The number of likely N-dealkylation sites (N-methyl/N-ethyl adjacent to an activating group) is 1. The van der Waals surface area contributed by atoms with Gasteiger partial charge >= 0.3 is 16.2 Å². The topological polar surface area (TPSA) is 130 Å². The number of nitrogens with zero attached hydrogens (tertiary/aromatic N) is 5. The number of carbonyl (C=O) groups is 1. The molecule has 2 bridgehead atoms. The van der Waals surface area contributed by atoms with Crippen molar-refractivity contribution in [1.82, 2.24) is 30.5 Å². The Labute approximate surface area is 298 Å². The quantitative estimate of drug-likeness (QED) is 0.208. The van der Waals surface area contributed by atoms with Crippen molar-refractivity contribution in [3.63, 3.8) is 0 Å². The standard InChI is InChI=1S/C36H34ClF2N7O4S/c1-45-16-24(42-35(47)21-7-2-8-26(13-21)51(39,48)49)14-25(45)19-50-36-43-33-28(34(44-36)46-17-22-11-12-23(18-46)41-22)15-40-32(31(33)38)27-9-3-5-20-6-4-10-29(37)30(20)27/h2-10,13,15,22-25,41H,11-12,14,16-19H2,1H3,(H,42,47)/t22?,23?,24-,25+/m1/s1. The predicted octanol–water partition coefficient (Wildman–Crippen LogP) is 5.12. The number of nitrogens with one attached hydrogen (secondary N) is 2. The summed E-state index contributed by atoms with van der Waals surface area (Å²) in [5.74, 6) is -0.554. The van der Waals surface area contributed by atoms with E-state index in [-0.39, 0.29) is 41.5 Å². The number of ether oxygens (including phenoxy) is 1. The van der Waals surface area contributed by atoms with Crippen molar-refractivity contribution in [2.75, 3.05) is 38.2 Å². The Morgan fingerprint density at radius 3 is 2.57 bits per heavy atom. The summed E-state index contributed by atoms with van der Waals surface area (Å²) >= 11 is 6.60. The Hall–Kier alpha value is -4.50. The van der Waals surface area contributed by atoms with Crippen LogP contribution in [0.4, 0.5) is 14.1 Å². The molecule has 5 heterocycles. The fraction of sp³-hybridized carbons (Fsp3) is 0.333. The lowest BCUT2D eigenvalue weighted by atomic mass is 10.0. The largest absolute Gasteiger partial charge is 0.462 e. The van der Waals surface area contributed by atoms with Gasteiger partial charge in [0.15, 0.2) is 5.82 Å². The summed E-state index contributed by atoms with van der Waals surface area (Å²) in [5.41, 5.74) is 0.813. The Kier molecular flexibility index (Phi) is 8.73. The van der Waals surface area contributed by atoms with Crippen LogP contribution in [0.2, 0.25) is 5.02 Å². The molecule has 2 unspecified atom stereocenters. The monoisotopic (exact) mass is 733 g/mol. The second-order valence-corrected chi connectivity index (χ2v) is 15.2. The zero-order valence-corrected chi connectivity index (χ0v) is 29.1. The van der Waals surface area contributed by atoms with Crippen molar-refractivity contribution in [3.8, 4) is 17.3 Å². The maximum atomic E-state index is 16.7. The van der Waals surface area contributed by atoms with Crippen LogP contribution in [0.5, 0.6) is 6.01 Å². The number of pyridine rings is 1. The van der Waals surface area contributed by atoms with Crippen LogP contribution in [-0.2, 0) is 10.2 Å². The molecular formula is C36H34ClF2N7O4S. The van der Waals surface area contributed by atoms with E-state index in [1.807, 2.05) is 36.2 Å². The molecule has 1 amide bonds. The van der Waals surface area contributed by atoms with Crippen LogP contribution < -0.4 is 20.3 Å². The molecule has 15 heteroatoms. The van der Waals surface area contributed by atoms with Crippen molar-refractivity contribution in [2.24, 2.45) is 0 Å². The third-order valence-corrected chi connectivity index (χ3v) is 11.2. The van der Waals surface area contributed by atoms with Gasteiger partial charge in [-0.05, 0) is 56.0 Å². The van der Waals surface area contributed by atoms with Crippen LogP contribution in [0.3, 0.4) is 0 Å². The van der Waals surface area contributed by atoms with Crippen LogP contribution in [0.1, 0.15) is 29.6 Å². The maximum absolute atomic E-state index is 16.7. The minimum atomic E-state index is -4.95. The molecule has 0 spiro atoms. The molecule has 2 N–H and O–H groups in total. The van der Waals surface area contributed by atoms with Crippen molar-refractivity contribution in [2.45, 2.75) is 48.3 Å². The first-order valence-corrected chi connectivity index (χ1v) is 18.5. The average molecular weight is 734 g/mol. The molecule has 3 aliphatic rings. The van der Waals surface area contributed by atoms with E-state index in [1.165, 1.54) is 12.1 Å². The third kappa shape index (κ3) is 6.57. The summed E-state index contributed by atoms with van der Waals surface area (Å²) in [6.45, 7) is 2.06. The highest BCUT2D eigenvalue weighted by molar-refractivity contribution is 7.86. The van der Waals surface area contributed by atoms with E-state index < -0.39 is 26.8 Å². The molecule has 0 radical (unpaired) electrons. The van der Waals surface area contributed by atoms with E-state index >= 15 is 4.39 Å². The Bertz CT molecular complexity index is 2280. The molecule has 51 heavy (non-hydrogen) atoms. The highest BCUT2D eigenvalue weighted by atomic mass is 35.5. The lowest BCUT2D eigenvalue weighted by molar-refractivity contribution is 0.0938. The molecule has 3 saturated heterocycles. The molecule has 8 rings (SSSR count). The Morgan fingerprint density at radius 1 is 1.06 bits per heavy atom. The average Bonchev–Trinajstić information content (AvgIpc) is 3.65.